The Morgan fingerprint density at radius 3 is 2.30 bits per heavy atom. The van der Waals surface area contributed by atoms with Crippen LogP contribution in [0.4, 0.5) is 17.6 Å². The monoisotopic (exact) mass is 291 g/mol. The lowest BCUT2D eigenvalue weighted by molar-refractivity contribution is -0.126. The highest BCUT2D eigenvalue weighted by molar-refractivity contribution is 5.18. The third-order valence-corrected chi connectivity index (χ3v) is 3.20. The van der Waals surface area contributed by atoms with Crippen molar-refractivity contribution in [1.29, 1.82) is 0 Å². The van der Waals surface area contributed by atoms with Crippen molar-refractivity contribution in [1.82, 2.24) is 5.32 Å². The molecule has 5 heteroatoms. The molecule has 0 aliphatic heterocycles. The minimum atomic E-state index is -3.99. The fourth-order valence-corrected chi connectivity index (χ4v) is 2.01. The summed E-state index contributed by atoms with van der Waals surface area (Å²) in [6.45, 7) is 1.05. The van der Waals surface area contributed by atoms with Crippen molar-refractivity contribution >= 4 is 0 Å². The van der Waals surface area contributed by atoms with Crippen LogP contribution in [0.2, 0.25) is 0 Å². The van der Waals surface area contributed by atoms with E-state index in [1.165, 1.54) is 0 Å². The molecule has 0 amide bonds. The summed E-state index contributed by atoms with van der Waals surface area (Å²) in [7, 11) is 0. The molecule has 1 atom stereocenters. The van der Waals surface area contributed by atoms with E-state index in [9.17, 15) is 17.6 Å². The molecule has 20 heavy (non-hydrogen) atoms. The van der Waals surface area contributed by atoms with E-state index in [4.69, 9.17) is 0 Å². The molecule has 0 heterocycles. The number of alkyl halides is 4. The SMILES string of the molecule is CCCCCC(NCC(F)(F)C(F)F)c1ccccc1. The third kappa shape index (κ3) is 5.49. The lowest BCUT2D eigenvalue weighted by atomic mass is 10.00. The Balaban J connectivity index is 2.64. The fraction of sp³-hybridized carbons (Fsp3) is 0.600. The average molecular weight is 291 g/mol. The molecular weight excluding hydrogens is 270 g/mol. The minimum Gasteiger partial charge on any atom is -0.304 e. The van der Waals surface area contributed by atoms with Gasteiger partial charge >= 0.3 is 12.3 Å². The highest BCUT2D eigenvalue weighted by Crippen LogP contribution is 2.25. The fourth-order valence-electron chi connectivity index (χ4n) is 2.01. The van der Waals surface area contributed by atoms with Gasteiger partial charge < -0.3 is 5.32 Å². The first-order valence-corrected chi connectivity index (χ1v) is 6.91. The first kappa shape index (κ1) is 17.0. The van der Waals surface area contributed by atoms with Crippen LogP contribution in [0.1, 0.15) is 44.2 Å². The van der Waals surface area contributed by atoms with Gasteiger partial charge in [-0.25, -0.2) is 8.78 Å². The second-order valence-corrected chi connectivity index (χ2v) is 4.90. The molecule has 0 radical (unpaired) electrons. The summed E-state index contributed by atoms with van der Waals surface area (Å²) in [5.74, 6) is -3.99. The summed E-state index contributed by atoms with van der Waals surface area (Å²) >= 11 is 0. The van der Waals surface area contributed by atoms with Crippen LogP contribution in [-0.2, 0) is 0 Å². The molecule has 1 N–H and O–H groups in total. The van der Waals surface area contributed by atoms with E-state index in [-0.39, 0.29) is 6.04 Å². The van der Waals surface area contributed by atoms with Gasteiger partial charge in [-0.05, 0) is 12.0 Å². The van der Waals surface area contributed by atoms with E-state index < -0.39 is 18.9 Å². The van der Waals surface area contributed by atoms with Crippen LogP contribution >= 0.6 is 0 Å². The van der Waals surface area contributed by atoms with Gasteiger partial charge in [0.2, 0.25) is 0 Å². The summed E-state index contributed by atoms with van der Waals surface area (Å²) in [5.41, 5.74) is 0.855. The van der Waals surface area contributed by atoms with Gasteiger partial charge in [0.05, 0.1) is 6.54 Å². The summed E-state index contributed by atoms with van der Waals surface area (Å²) in [5, 5.41) is 2.59. The number of nitrogens with one attached hydrogen (secondary N) is 1. The zero-order chi connectivity index (χ0) is 15.0. The van der Waals surface area contributed by atoms with Gasteiger partial charge in [0.1, 0.15) is 0 Å². The molecule has 1 nitrogen and oxygen atoms in total. The third-order valence-electron chi connectivity index (χ3n) is 3.20. The number of rotatable bonds is 9. The van der Waals surface area contributed by atoms with Crippen molar-refractivity contribution in [2.75, 3.05) is 6.54 Å². The number of hydrogen-bond acceptors (Lipinski definition) is 1. The molecule has 0 bridgehead atoms. The van der Waals surface area contributed by atoms with Gasteiger partial charge in [-0.2, -0.15) is 8.78 Å². The predicted octanol–water partition coefficient (Wildman–Crippen LogP) is 4.80. The van der Waals surface area contributed by atoms with E-state index in [2.05, 4.69) is 12.2 Å². The number of benzene rings is 1. The predicted molar refractivity (Wildman–Crippen MR) is 72.3 cm³/mol. The van der Waals surface area contributed by atoms with Crippen LogP contribution in [0.3, 0.4) is 0 Å². The average Bonchev–Trinajstić information content (AvgIpc) is 2.43. The quantitative estimate of drug-likeness (QED) is 0.509. The lowest BCUT2D eigenvalue weighted by Crippen LogP contribution is -2.40. The molecule has 0 saturated heterocycles. The highest BCUT2D eigenvalue weighted by atomic mass is 19.3. The summed E-state index contributed by atoms with van der Waals surface area (Å²) in [6.07, 6.45) is -0.0760. The Labute approximate surface area is 117 Å². The minimum absolute atomic E-state index is 0.313. The van der Waals surface area contributed by atoms with Gasteiger partial charge in [-0.1, -0.05) is 56.5 Å². The summed E-state index contributed by atoms with van der Waals surface area (Å²) in [4.78, 5) is 0. The largest absolute Gasteiger partial charge is 0.319 e. The van der Waals surface area contributed by atoms with Crippen LogP contribution < -0.4 is 5.32 Å². The Hall–Kier alpha value is -1.10. The Morgan fingerprint density at radius 1 is 1.10 bits per heavy atom. The maximum atomic E-state index is 13.0. The molecule has 1 aromatic carbocycles. The molecule has 0 saturated carbocycles. The molecule has 1 aromatic rings. The molecule has 0 spiro atoms. The summed E-state index contributed by atoms with van der Waals surface area (Å²) < 4.78 is 50.4. The van der Waals surface area contributed by atoms with Crippen molar-refractivity contribution in [3.8, 4) is 0 Å². The maximum absolute atomic E-state index is 13.0. The first-order valence-electron chi connectivity index (χ1n) is 6.91. The second-order valence-electron chi connectivity index (χ2n) is 4.90. The normalized spacial score (nSPS) is 13.7. The molecule has 0 aliphatic rings. The smallest absolute Gasteiger partial charge is 0.304 e. The van der Waals surface area contributed by atoms with Crippen LogP contribution in [-0.4, -0.2) is 18.9 Å². The van der Waals surface area contributed by atoms with E-state index in [1.54, 1.807) is 0 Å². The number of unbranched alkanes of at least 4 members (excludes halogenated alkanes) is 2. The zero-order valence-electron chi connectivity index (χ0n) is 11.6. The van der Waals surface area contributed by atoms with Crippen LogP contribution in [0.15, 0.2) is 30.3 Å². The Bertz CT molecular complexity index is 367. The van der Waals surface area contributed by atoms with Crippen molar-refractivity contribution in [3.63, 3.8) is 0 Å². The van der Waals surface area contributed by atoms with Gasteiger partial charge in [-0.15, -0.1) is 0 Å². The van der Waals surface area contributed by atoms with E-state index in [0.717, 1.165) is 24.8 Å². The molecule has 1 rings (SSSR count). The Morgan fingerprint density at radius 2 is 1.75 bits per heavy atom. The standard InChI is InChI=1S/C15H21F4N/c1-2-3-5-10-13(12-8-6-4-7-9-12)20-11-15(18,19)14(16)17/h4,6-9,13-14,20H,2-3,5,10-11H2,1H3. The van der Waals surface area contributed by atoms with E-state index >= 15 is 0 Å². The van der Waals surface area contributed by atoms with Gasteiger partial charge in [-0.3, -0.25) is 0 Å². The number of halogens is 4. The van der Waals surface area contributed by atoms with E-state index in [0.29, 0.717) is 6.42 Å². The molecule has 114 valence electrons. The summed E-state index contributed by atoms with van der Waals surface area (Å²) in [6, 6.07) is 8.80. The van der Waals surface area contributed by atoms with Crippen molar-refractivity contribution in [3.05, 3.63) is 35.9 Å². The van der Waals surface area contributed by atoms with Crippen LogP contribution in [0, 0.1) is 0 Å². The zero-order valence-corrected chi connectivity index (χ0v) is 11.6. The Kier molecular flexibility index (Phi) is 6.99. The van der Waals surface area contributed by atoms with Crippen molar-refractivity contribution in [2.24, 2.45) is 0 Å². The molecular formula is C15H21F4N. The van der Waals surface area contributed by atoms with Gasteiger partial charge in [0.15, 0.2) is 0 Å². The topological polar surface area (TPSA) is 12.0 Å². The second kappa shape index (κ2) is 8.25. The van der Waals surface area contributed by atoms with E-state index in [1.807, 2.05) is 30.3 Å². The molecule has 0 aliphatic carbocycles. The van der Waals surface area contributed by atoms with Crippen LogP contribution in [0.25, 0.3) is 0 Å². The number of hydrogen-bond donors (Lipinski definition) is 1. The van der Waals surface area contributed by atoms with Crippen LogP contribution in [0.5, 0.6) is 0 Å². The van der Waals surface area contributed by atoms with Crippen molar-refractivity contribution in [2.45, 2.75) is 51.0 Å². The van der Waals surface area contributed by atoms with Crippen molar-refractivity contribution < 1.29 is 17.6 Å². The molecule has 0 fully saturated rings. The van der Waals surface area contributed by atoms with Gasteiger partial charge in [0, 0.05) is 6.04 Å². The lowest BCUT2D eigenvalue weighted by Gasteiger charge is -2.23. The maximum Gasteiger partial charge on any atom is 0.319 e. The first-order chi connectivity index (χ1) is 9.47. The molecule has 1 unspecified atom stereocenters. The molecule has 0 aromatic heterocycles. The highest BCUT2D eigenvalue weighted by Gasteiger charge is 2.40. The van der Waals surface area contributed by atoms with Gasteiger partial charge in [0.25, 0.3) is 0 Å².